The van der Waals surface area contributed by atoms with Crippen LogP contribution in [0.3, 0.4) is 0 Å². The number of halogens is 3. The van der Waals surface area contributed by atoms with Crippen molar-refractivity contribution >= 4 is 5.97 Å². The molecule has 0 aliphatic carbocycles. The lowest BCUT2D eigenvalue weighted by Gasteiger charge is -2.06. The summed E-state index contributed by atoms with van der Waals surface area (Å²) in [4.78, 5) is 10.2. The minimum atomic E-state index is -4.86. The normalized spacial score (nSPS) is 11.4. The zero-order valence-corrected chi connectivity index (χ0v) is 7.49. The van der Waals surface area contributed by atoms with Crippen LogP contribution in [0, 0.1) is 0 Å². The maximum absolute atomic E-state index is 11.5. The first-order chi connectivity index (χ1) is 5.98. The SMILES string of the molecule is CCCCCCOC(=O)C(F)(F)F. The Balaban J connectivity index is 3.38. The van der Waals surface area contributed by atoms with E-state index >= 15 is 0 Å². The molecule has 0 amide bonds. The molecule has 13 heavy (non-hydrogen) atoms. The summed E-state index contributed by atoms with van der Waals surface area (Å²) < 4.78 is 38.6. The Morgan fingerprint density at radius 3 is 2.31 bits per heavy atom. The van der Waals surface area contributed by atoms with Crippen molar-refractivity contribution in [2.24, 2.45) is 0 Å². The third-order valence-electron chi connectivity index (χ3n) is 1.46. The van der Waals surface area contributed by atoms with E-state index in [0.717, 1.165) is 19.3 Å². The van der Waals surface area contributed by atoms with E-state index in [1.165, 1.54) is 0 Å². The smallest absolute Gasteiger partial charge is 0.459 e. The van der Waals surface area contributed by atoms with Gasteiger partial charge < -0.3 is 4.74 Å². The van der Waals surface area contributed by atoms with Crippen molar-refractivity contribution < 1.29 is 22.7 Å². The van der Waals surface area contributed by atoms with Gasteiger partial charge in [0.2, 0.25) is 0 Å². The molecule has 0 saturated carbocycles. The molecule has 0 aliphatic heterocycles. The molecule has 0 aromatic heterocycles. The van der Waals surface area contributed by atoms with Crippen LogP contribution in [0.25, 0.3) is 0 Å². The summed E-state index contributed by atoms with van der Waals surface area (Å²) in [6, 6.07) is 0. The van der Waals surface area contributed by atoms with E-state index in [4.69, 9.17) is 0 Å². The lowest BCUT2D eigenvalue weighted by Crippen LogP contribution is -2.25. The minimum absolute atomic E-state index is 0.141. The molecule has 0 saturated heterocycles. The van der Waals surface area contributed by atoms with Gasteiger partial charge in [-0.15, -0.1) is 0 Å². The third kappa shape index (κ3) is 6.42. The molecular weight excluding hydrogens is 185 g/mol. The zero-order chi connectivity index (χ0) is 10.3. The van der Waals surface area contributed by atoms with Crippen molar-refractivity contribution in [3.8, 4) is 0 Å². The van der Waals surface area contributed by atoms with E-state index in [2.05, 4.69) is 4.74 Å². The van der Waals surface area contributed by atoms with Crippen LogP contribution in [0.1, 0.15) is 32.6 Å². The van der Waals surface area contributed by atoms with Crippen LogP contribution in [-0.4, -0.2) is 18.8 Å². The van der Waals surface area contributed by atoms with Gasteiger partial charge in [0, 0.05) is 0 Å². The Hall–Kier alpha value is -0.740. The number of hydrogen-bond donors (Lipinski definition) is 0. The van der Waals surface area contributed by atoms with E-state index in [1.54, 1.807) is 0 Å². The molecule has 0 bridgehead atoms. The fraction of sp³-hybridized carbons (Fsp3) is 0.875. The highest BCUT2D eigenvalue weighted by molar-refractivity contribution is 5.75. The quantitative estimate of drug-likeness (QED) is 0.501. The fourth-order valence-corrected chi connectivity index (χ4v) is 0.776. The van der Waals surface area contributed by atoms with Gasteiger partial charge in [-0.25, -0.2) is 4.79 Å². The fourth-order valence-electron chi connectivity index (χ4n) is 0.776. The summed E-state index contributed by atoms with van der Waals surface area (Å²) in [5, 5.41) is 0. The van der Waals surface area contributed by atoms with Gasteiger partial charge in [-0.1, -0.05) is 26.2 Å². The van der Waals surface area contributed by atoms with Gasteiger partial charge in [-0.2, -0.15) is 13.2 Å². The highest BCUT2D eigenvalue weighted by Gasteiger charge is 2.40. The van der Waals surface area contributed by atoms with Gasteiger partial charge in [0.25, 0.3) is 0 Å². The van der Waals surface area contributed by atoms with Crippen molar-refractivity contribution in [2.45, 2.75) is 38.8 Å². The average molecular weight is 198 g/mol. The second-order valence-corrected chi connectivity index (χ2v) is 2.69. The summed E-state index contributed by atoms with van der Waals surface area (Å²) in [6.45, 7) is 1.85. The second-order valence-electron chi connectivity index (χ2n) is 2.69. The molecule has 5 heteroatoms. The van der Waals surface area contributed by atoms with Crippen molar-refractivity contribution in [1.82, 2.24) is 0 Å². The predicted octanol–water partition coefficient (Wildman–Crippen LogP) is 2.67. The number of rotatable bonds is 5. The maximum Gasteiger partial charge on any atom is 0.490 e. The summed E-state index contributed by atoms with van der Waals surface area (Å²) >= 11 is 0. The molecule has 0 heterocycles. The summed E-state index contributed by atoms with van der Waals surface area (Å²) in [6.07, 6.45) is -1.63. The van der Waals surface area contributed by atoms with Crippen molar-refractivity contribution in [1.29, 1.82) is 0 Å². The number of carbonyl (C=O) groups is 1. The molecule has 0 fully saturated rings. The Kier molecular flexibility index (Phi) is 5.50. The largest absolute Gasteiger partial charge is 0.490 e. The monoisotopic (exact) mass is 198 g/mol. The molecule has 0 spiro atoms. The summed E-state index contributed by atoms with van der Waals surface area (Å²) in [5.41, 5.74) is 0. The number of ether oxygens (including phenoxy) is 1. The number of esters is 1. The molecule has 0 atom stereocenters. The van der Waals surface area contributed by atoms with Crippen LogP contribution in [0.15, 0.2) is 0 Å². The van der Waals surface area contributed by atoms with Crippen LogP contribution in [0.5, 0.6) is 0 Å². The lowest BCUT2D eigenvalue weighted by molar-refractivity contribution is -0.199. The van der Waals surface area contributed by atoms with Gasteiger partial charge in [0.05, 0.1) is 6.61 Å². The number of unbranched alkanes of at least 4 members (excludes halogenated alkanes) is 3. The van der Waals surface area contributed by atoms with Gasteiger partial charge >= 0.3 is 12.1 Å². The standard InChI is InChI=1S/C8H13F3O2/c1-2-3-4-5-6-13-7(12)8(9,10)11/h2-6H2,1H3. The Morgan fingerprint density at radius 2 is 1.85 bits per heavy atom. The first-order valence-corrected chi connectivity index (χ1v) is 4.22. The van der Waals surface area contributed by atoms with Crippen LogP contribution in [0.4, 0.5) is 13.2 Å². The Bertz CT molecular complexity index is 154. The zero-order valence-electron chi connectivity index (χ0n) is 7.49. The highest BCUT2D eigenvalue weighted by atomic mass is 19.4. The van der Waals surface area contributed by atoms with Gasteiger partial charge in [0.15, 0.2) is 0 Å². The van der Waals surface area contributed by atoms with Gasteiger partial charge in [-0.3, -0.25) is 0 Å². The van der Waals surface area contributed by atoms with Crippen molar-refractivity contribution in [3.63, 3.8) is 0 Å². The van der Waals surface area contributed by atoms with Crippen LogP contribution < -0.4 is 0 Å². The maximum atomic E-state index is 11.5. The first kappa shape index (κ1) is 12.3. The van der Waals surface area contributed by atoms with Gasteiger partial charge in [0.1, 0.15) is 0 Å². The summed E-state index contributed by atoms with van der Waals surface area (Å²) in [7, 11) is 0. The molecule has 0 aromatic carbocycles. The predicted molar refractivity (Wildman–Crippen MR) is 41.2 cm³/mol. The molecule has 0 aromatic rings. The van der Waals surface area contributed by atoms with E-state index in [-0.39, 0.29) is 6.61 Å². The van der Waals surface area contributed by atoms with Crippen molar-refractivity contribution in [3.05, 3.63) is 0 Å². The van der Waals surface area contributed by atoms with E-state index in [0.29, 0.717) is 6.42 Å². The molecular formula is C8H13F3O2. The molecule has 2 nitrogen and oxygen atoms in total. The van der Waals surface area contributed by atoms with Gasteiger partial charge in [-0.05, 0) is 6.42 Å². The molecule has 0 rings (SSSR count). The molecule has 0 N–H and O–H groups in total. The minimum Gasteiger partial charge on any atom is -0.459 e. The van der Waals surface area contributed by atoms with Crippen LogP contribution >= 0.6 is 0 Å². The van der Waals surface area contributed by atoms with Crippen LogP contribution in [0.2, 0.25) is 0 Å². The van der Waals surface area contributed by atoms with E-state index in [1.807, 2.05) is 6.92 Å². The number of hydrogen-bond acceptors (Lipinski definition) is 2. The number of carbonyl (C=O) groups excluding carboxylic acids is 1. The Morgan fingerprint density at radius 1 is 1.23 bits per heavy atom. The molecule has 0 radical (unpaired) electrons. The molecule has 0 unspecified atom stereocenters. The third-order valence-corrected chi connectivity index (χ3v) is 1.46. The van der Waals surface area contributed by atoms with E-state index in [9.17, 15) is 18.0 Å². The highest BCUT2D eigenvalue weighted by Crippen LogP contribution is 2.16. The Labute approximate surface area is 75.1 Å². The lowest BCUT2D eigenvalue weighted by atomic mass is 10.2. The van der Waals surface area contributed by atoms with E-state index < -0.39 is 12.1 Å². The topological polar surface area (TPSA) is 26.3 Å². The molecule has 78 valence electrons. The second kappa shape index (κ2) is 5.83. The average Bonchev–Trinajstić information content (AvgIpc) is 2.02. The first-order valence-electron chi connectivity index (χ1n) is 4.22. The molecule has 0 aliphatic rings. The number of alkyl halides is 3. The van der Waals surface area contributed by atoms with Crippen LogP contribution in [-0.2, 0) is 9.53 Å². The van der Waals surface area contributed by atoms with Crippen molar-refractivity contribution in [2.75, 3.05) is 6.61 Å². The summed E-state index contributed by atoms with van der Waals surface area (Å²) in [5.74, 6) is -2.09.